The fourth-order valence-electron chi connectivity index (χ4n) is 3.10. The Labute approximate surface area is 181 Å². The summed E-state index contributed by atoms with van der Waals surface area (Å²) < 4.78 is 7.16. The number of benzene rings is 2. The van der Waals surface area contributed by atoms with Crippen LogP contribution in [0.15, 0.2) is 73.1 Å². The molecule has 31 heavy (non-hydrogen) atoms. The lowest BCUT2D eigenvalue weighted by Crippen LogP contribution is -2.46. The van der Waals surface area contributed by atoms with Crippen LogP contribution in [-0.2, 0) is 16.6 Å². The largest absolute Gasteiger partial charge is 0.497 e. The lowest BCUT2D eigenvalue weighted by Gasteiger charge is -2.22. The summed E-state index contributed by atoms with van der Waals surface area (Å²) in [5, 5.41) is 5.69. The Morgan fingerprint density at radius 2 is 1.87 bits per heavy atom. The number of carbonyl (C=O) groups is 2. The number of ether oxygens (including phenoxy) is 1. The fraction of sp³-hybridized carbons (Fsp3) is 0.208. The van der Waals surface area contributed by atoms with Gasteiger partial charge in [-0.25, -0.2) is 4.98 Å². The summed E-state index contributed by atoms with van der Waals surface area (Å²) in [5.74, 6) is 0.682. The van der Waals surface area contributed by atoms with Gasteiger partial charge in [-0.05, 0) is 36.3 Å². The molecule has 0 aliphatic carbocycles. The van der Waals surface area contributed by atoms with Gasteiger partial charge in [0.05, 0.1) is 7.11 Å². The molecule has 0 saturated heterocycles. The van der Waals surface area contributed by atoms with Crippen molar-refractivity contribution in [2.24, 2.45) is 7.05 Å². The molecule has 1 aromatic heterocycles. The van der Waals surface area contributed by atoms with Crippen molar-refractivity contribution in [1.82, 2.24) is 20.2 Å². The first-order valence-corrected chi connectivity index (χ1v) is 9.93. The molecule has 7 nitrogen and oxygen atoms in total. The number of aromatic nitrogens is 2. The highest BCUT2D eigenvalue weighted by molar-refractivity contribution is 5.95. The molecule has 1 heterocycles. The third-order valence-corrected chi connectivity index (χ3v) is 4.81. The third-order valence-electron chi connectivity index (χ3n) is 4.81. The average molecular weight is 418 g/mol. The van der Waals surface area contributed by atoms with Gasteiger partial charge in [-0.1, -0.05) is 42.5 Å². The van der Waals surface area contributed by atoms with Gasteiger partial charge in [-0.3, -0.25) is 9.59 Å². The van der Waals surface area contributed by atoms with Crippen LogP contribution >= 0.6 is 0 Å². The maximum atomic E-state index is 12.9. The number of hydrogen-bond donors (Lipinski definition) is 2. The molecule has 0 aliphatic heterocycles. The molecule has 0 aliphatic rings. The molecule has 160 valence electrons. The molecular weight excluding hydrogens is 392 g/mol. The molecule has 0 spiro atoms. The number of aryl methyl sites for hydroxylation is 1. The van der Waals surface area contributed by atoms with Crippen LogP contribution in [-0.4, -0.2) is 34.5 Å². The van der Waals surface area contributed by atoms with E-state index in [4.69, 9.17) is 4.74 Å². The van der Waals surface area contributed by atoms with Gasteiger partial charge in [0, 0.05) is 25.5 Å². The van der Waals surface area contributed by atoms with Crippen LogP contribution in [0.4, 0.5) is 0 Å². The van der Waals surface area contributed by atoms with Gasteiger partial charge in [0.2, 0.25) is 11.8 Å². The molecule has 0 saturated carbocycles. The summed E-state index contributed by atoms with van der Waals surface area (Å²) in [5.41, 5.74) is 1.73. The van der Waals surface area contributed by atoms with Crippen molar-refractivity contribution in [2.45, 2.75) is 19.0 Å². The first-order chi connectivity index (χ1) is 15.0. The second-order valence-electron chi connectivity index (χ2n) is 7.09. The summed E-state index contributed by atoms with van der Waals surface area (Å²) in [6, 6.07) is 15.7. The van der Waals surface area contributed by atoms with E-state index in [1.54, 1.807) is 26.3 Å². The van der Waals surface area contributed by atoms with Gasteiger partial charge < -0.3 is 19.9 Å². The normalized spacial score (nSPS) is 12.9. The number of carbonyl (C=O) groups excluding carboxylic acids is 2. The Morgan fingerprint density at radius 1 is 1.10 bits per heavy atom. The summed E-state index contributed by atoms with van der Waals surface area (Å²) >= 11 is 0. The van der Waals surface area contributed by atoms with Crippen LogP contribution in [0.3, 0.4) is 0 Å². The molecule has 2 N–H and O–H groups in total. The van der Waals surface area contributed by atoms with Crippen LogP contribution in [0.1, 0.15) is 29.9 Å². The monoisotopic (exact) mass is 418 g/mol. The van der Waals surface area contributed by atoms with E-state index in [0.717, 1.165) is 11.1 Å². The average Bonchev–Trinajstić information content (AvgIpc) is 3.22. The standard InChI is InChI=1S/C24H26N4O3/c1-17(26-21(29)13-12-18-8-5-4-6-9-18)24(30)27-22(23-25-14-15-28(23)2)19-10-7-11-20(16-19)31-3/h4-17,22H,1-3H3,(H,26,29)(H,27,30)/b13-12+. The maximum Gasteiger partial charge on any atom is 0.244 e. The van der Waals surface area contributed by atoms with E-state index < -0.39 is 12.1 Å². The third kappa shape index (κ3) is 5.82. The van der Waals surface area contributed by atoms with Gasteiger partial charge in [0.1, 0.15) is 23.7 Å². The Balaban J connectivity index is 1.71. The first-order valence-electron chi connectivity index (χ1n) is 9.93. The zero-order valence-corrected chi connectivity index (χ0v) is 17.8. The number of rotatable bonds is 8. The predicted molar refractivity (Wildman–Crippen MR) is 119 cm³/mol. The van der Waals surface area contributed by atoms with Gasteiger partial charge in [-0.15, -0.1) is 0 Å². The van der Waals surface area contributed by atoms with E-state index in [1.165, 1.54) is 6.08 Å². The molecule has 2 unspecified atom stereocenters. The molecule has 0 radical (unpaired) electrons. The number of amides is 2. The van der Waals surface area contributed by atoms with E-state index in [1.807, 2.05) is 72.4 Å². The van der Waals surface area contributed by atoms with Gasteiger partial charge >= 0.3 is 0 Å². The highest BCUT2D eigenvalue weighted by Crippen LogP contribution is 2.24. The van der Waals surface area contributed by atoms with Gasteiger partial charge in [-0.2, -0.15) is 0 Å². The molecule has 0 bridgehead atoms. The van der Waals surface area contributed by atoms with Gasteiger partial charge in [0.15, 0.2) is 0 Å². The van der Waals surface area contributed by atoms with Crippen molar-refractivity contribution in [3.63, 3.8) is 0 Å². The molecule has 2 amide bonds. The van der Waals surface area contributed by atoms with Crippen molar-refractivity contribution in [3.8, 4) is 5.75 Å². The minimum absolute atomic E-state index is 0.322. The molecule has 2 atom stereocenters. The van der Waals surface area contributed by atoms with Crippen LogP contribution in [0.25, 0.3) is 6.08 Å². The Morgan fingerprint density at radius 3 is 2.55 bits per heavy atom. The summed E-state index contributed by atoms with van der Waals surface area (Å²) in [6.45, 7) is 1.64. The van der Waals surface area contributed by atoms with Crippen LogP contribution < -0.4 is 15.4 Å². The van der Waals surface area contributed by atoms with Crippen molar-refractivity contribution in [2.75, 3.05) is 7.11 Å². The van der Waals surface area contributed by atoms with Crippen LogP contribution in [0.2, 0.25) is 0 Å². The van der Waals surface area contributed by atoms with E-state index in [9.17, 15) is 9.59 Å². The number of nitrogens with zero attached hydrogens (tertiary/aromatic N) is 2. The van der Waals surface area contributed by atoms with Crippen molar-refractivity contribution in [1.29, 1.82) is 0 Å². The molecule has 3 aromatic rings. The molecular formula is C24H26N4O3. The van der Waals surface area contributed by atoms with E-state index in [2.05, 4.69) is 15.6 Å². The molecule has 7 heteroatoms. The van der Waals surface area contributed by atoms with Crippen molar-refractivity contribution >= 4 is 17.9 Å². The van der Waals surface area contributed by atoms with Crippen LogP contribution in [0.5, 0.6) is 5.75 Å². The number of imidazole rings is 1. The Bertz CT molecular complexity index is 1060. The minimum Gasteiger partial charge on any atom is -0.497 e. The fourth-order valence-corrected chi connectivity index (χ4v) is 3.10. The first kappa shape index (κ1) is 21.8. The zero-order chi connectivity index (χ0) is 22.2. The van der Waals surface area contributed by atoms with E-state index in [0.29, 0.717) is 11.6 Å². The summed E-state index contributed by atoms with van der Waals surface area (Å²) in [4.78, 5) is 29.5. The van der Waals surface area contributed by atoms with Gasteiger partial charge in [0.25, 0.3) is 0 Å². The maximum absolute atomic E-state index is 12.9. The molecule has 3 rings (SSSR count). The highest BCUT2D eigenvalue weighted by Gasteiger charge is 2.24. The quantitative estimate of drug-likeness (QED) is 0.551. The SMILES string of the molecule is COc1cccc(C(NC(=O)C(C)NC(=O)/C=C/c2ccccc2)c2nccn2C)c1. The Kier molecular flexibility index (Phi) is 7.22. The lowest BCUT2D eigenvalue weighted by atomic mass is 10.0. The number of nitrogens with one attached hydrogen (secondary N) is 2. The smallest absolute Gasteiger partial charge is 0.244 e. The topological polar surface area (TPSA) is 85.2 Å². The highest BCUT2D eigenvalue weighted by atomic mass is 16.5. The molecule has 0 fully saturated rings. The molecule has 2 aromatic carbocycles. The Hall–Kier alpha value is -3.87. The minimum atomic E-state index is -0.735. The zero-order valence-electron chi connectivity index (χ0n) is 17.8. The predicted octanol–water partition coefficient (Wildman–Crippen LogP) is 2.85. The van der Waals surface area contributed by atoms with Crippen LogP contribution in [0, 0.1) is 0 Å². The summed E-state index contributed by atoms with van der Waals surface area (Å²) in [7, 11) is 3.45. The van der Waals surface area contributed by atoms with Crippen molar-refractivity contribution in [3.05, 3.63) is 90.0 Å². The summed E-state index contributed by atoms with van der Waals surface area (Å²) in [6.07, 6.45) is 6.60. The van der Waals surface area contributed by atoms with Crippen molar-refractivity contribution < 1.29 is 14.3 Å². The second-order valence-corrected chi connectivity index (χ2v) is 7.09. The van der Waals surface area contributed by atoms with E-state index in [-0.39, 0.29) is 11.8 Å². The van der Waals surface area contributed by atoms with E-state index >= 15 is 0 Å². The number of methoxy groups -OCH3 is 1. The lowest BCUT2D eigenvalue weighted by molar-refractivity contribution is -0.127. The second kappa shape index (κ2) is 10.2. The number of hydrogen-bond acceptors (Lipinski definition) is 4.